The van der Waals surface area contributed by atoms with Gasteiger partial charge in [0.2, 0.25) is 0 Å². The number of benzene rings is 1. The number of pyridine rings is 1. The standard InChI is InChI=1S/C19H16N8O2/c1-3-15-23-19-22-14-8-9-26(25-10-20-21-11-25)18(28)16(14)17(27(19)24-15)12-4-6-13(29-2)7-5-12/h4-11H,3H2,1-2H3. The largest absolute Gasteiger partial charge is 0.497 e. The van der Waals surface area contributed by atoms with Crippen LogP contribution in [0.4, 0.5) is 0 Å². The van der Waals surface area contributed by atoms with E-state index in [4.69, 9.17) is 4.74 Å². The molecule has 0 N–H and O–H groups in total. The maximum atomic E-state index is 13.4. The Morgan fingerprint density at radius 1 is 1.03 bits per heavy atom. The third-order valence-corrected chi connectivity index (χ3v) is 4.69. The second-order valence-electron chi connectivity index (χ2n) is 6.35. The number of fused-ring (bicyclic) bond motifs is 2. The van der Waals surface area contributed by atoms with E-state index >= 15 is 0 Å². The molecule has 0 radical (unpaired) electrons. The van der Waals surface area contributed by atoms with Crippen LogP contribution < -0.4 is 10.3 Å². The predicted molar refractivity (Wildman–Crippen MR) is 105 cm³/mol. The summed E-state index contributed by atoms with van der Waals surface area (Å²) in [5.74, 6) is 1.82. The van der Waals surface area contributed by atoms with Gasteiger partial charge < -0.3 is 4.74 Å². The van der Waals surface area contributed by atoms with E-state index in [0.717, 1.165) is 11.3 Å². The first kappa shape index (κ1) is 17.0. The van der Waals surface area contributed by atoms with Gasteiger partial charge in [-0.05, 0) is 30.3 Å². The van der Waals surface area contributed by atoms with Gasteiger partial charge in [0.25, 0.3) is 11.3 Å². The van der Waals surface area contributed by atoms with Gasteiger partial charge in [0.1, 0.15) is 18.4 Å². The van der Waals surface area contributed by atoms with Crippen molar-refractivity contribution in [3.8, 4) is 17.0 Å². The molecule has 5 aromatic rings. The minimum absolute atomic E-state index is 0.268. The second kappa shape index (κ2) is 6.51. The van der Waals surface area contributed by atoms with Gasteiger partial charge in [0, 0.05) is 18.2 Å². The third-order valence-electron chi connectivity index (χ3n) is 4.69. The minimum atomic E-state index is -0.268. The highest BCUT2D eigenvalue weighted by Crippen LogP contribution is 2.27. The average Bonchev–Trinajstić information content (AvgIpc) is 3.42. The van der Waals surface area contributed by atoms with Crippen LogP contribution in [0.25, 0.3) is 27.9 Å². The van der Waals surface area contributed by atoms with Crippen molar-refractivity contribution in [1.82, 2.24) is 39.1 Å². The minimum Gasteiger partial charge on any atom is -0.497 e. The average molecular weight is 388 g/mol. The molecule has 0 unspecified atom stereocenters. The lowest BCUT2D eigenvalue weighted by atomic mass is 10.1. The van der Waals surface area contributed by atoms with Crippen LogP contribution in [0.3, 0.4) is 0 Å². The monoisotopic (exact) mass is 388 g/mol. The number of aromatic nitrogens is 8. The SMILES string of the molecule is CCc1nc2nc3ccn(-n4cnnc4)c(=O)c3c(-c3ccc(OC)cc3)n2n1. The highest BCUT2D eigenvalue weighted by molar-refractivity contribution is 5.93. The Bertz CT molecular complexity index is 1380. The zero-order chi connectivity index (χ0) is 20.0. The van der Waals surface area contributed by atoms with E-state index in [2.05, 4.69) is 25.3 Å². The Morgan fingerprint density at radius 3 is 2.48 bits per heavy atom. The van der Waals surface area contributed by atoms with Crippen molar-refractivity contribution < 1.29 is 4.74 Å². The normalized spacial score (nSPS) is 11.4. The fourth-order valence-corrected chi connectivity index (χ4v) is 3.27. The lowest BCUT2D eigenvalue weighted by molar-refractivity contribution is 0.415. The maximum Gasteiger partial charge on any atom is 0.281 e. The number of rotatable bonds is 4. The van der Waals surface area contributed by atoms with Crippen molar-refractivity contribution in [2.75, 3.05) is 7.11 Å². The summed E-state index contributed by atoms with van der Waals surface area (Å²) in [6.07, 6.45) is 5.20. The molecule has 0 saturated carbocycles. The summed E-state index contributed by atoms with van der Waals surface area (Å²) in [6.45, 7) is 1.97. The van der Waals surface area contributed by atoms with E-state index in [1.807, 2.05) is 31.2 Å². The van der Waals surface area contributed by atoms with Crippen LogP contribution in [0.1, 0.15) is 12.7 Å². The Morgan fingerprint density at radius 2 is 1.79 bits per heavy atom. The fourth-order valence-electron chi connectivity index (χ4n) is 3.27. The van der Waals surface area contributed by atoms with Crippen LogP contribution in [-0.4, -0.2) is 46.2 Å². The van der Waals surface area contributed by atoms with Crippen LogP contribution >= 0.6 is 0 Å². The lowest BCUT2D eigenvalue weighted by Gasteiger charge is -2.11. The molecule has 0 saturated heterocycles. The number of aryl methyl sites for hydroxylation is 1. The van der Waals surface area contributed by atoms with Crippen molar-refractivity contribution in [1.29, 1.82) is 0 Å². The van der Waals surface area contributed by atoms with Crippen LogP contribution in [0.5, 0.6) is 5.75 Å². The van der Waals surface area contributed by atoms with E-state index < -0.39 is 0 Å². The van der Waals surface area contributed by atoms with Gasteiger partial charge in [-0.1, -0.05) is 6.92 Å². The van der Waals surface area contributed by atoms with Crippen LogP contribution in [-0.2, 0) is 6.42 Å². The first-order valence-corrected chi connectivity index (χ1v) is 9.00. The van der Waals surface area contributed by atoms with E-state index in [-0.39, 0.29) is 5.56 Å². The number of hydrogen-bond donors (Lipinski definition) is 0. The molecule has 0 spiro atoms. The van der Waals surface area contributed by atoms with Crippen LogP contribution in [0, 0.1) is 0 Å². The summed E-state index contributed by atoms with van der Waals surface area (Å²) in [4.78, 5) is 22.5. The predicted octanol–water partition coefficient (Wildman–Crippen LogP) is 1.58. The first-order valence-electron chi connectivity index (χ1n) is 9.00. The van der Waals surface area contributed by atoms with Gasteiger partial charge >= 0.3 is 0 Å². The van der Waals surface area contributed by atoms with Crippen molar-refractivity contribution in [3.63, 3.8) is 0 Å². The molecule has 5 rings (SSSR count). The summed E-state index contributed by atoms with van der Waals surface area (Å²) in [6, 6.07) is 9.22. The molecular weight excluding hydrogens is 372 g/mol. The second-order valence-corrected chi connectivity index (χ2v) is 6.35. The zero-order valence-electron chi connectivity index (χ0n) is 15.7. The molecule has 0 atom stereocenters. The quantitative estimate of drug-likeness (QED) is 0.460. The van der Waals surface area contributed by atoms with Crippen molar-refractivity contribution >= 4 is 16.7 Å². The van der Waals surface area contributed by atoms with Gasteiger partial charge in [0.05, 0.1) is 23.7 Å². The van der Waals surface area contributed by atoms with Gasteiger partial charge in [-0.25, -0.2) is 14.3 Å². The highest BCUT2D eigenvalue weighted by Gasteiger charge is 2.19. The molecular formula is C19H16N8O2. The van der Waals surface area contributed by atoms with Crippen molar-refractivity contribution in [2.45, 2.75) is 13.3 Å². The molecule has 10 nitrogen and oxygen atoms in total. The zero-order valence-corrected chi connectivity index (χ0v) is 15.7. The van der Waals surface area contributed by atoms with E-state index in [1.54, 1.807) is 23.9 Å². The van der Waals surface area contributed by atoms with Gasteiger partial charge in [-0.2, -0.15) is 9.50 Å². The summed E-state index contributed by atoms with van der Waals surface area (Å²) in [5, 5.41) is 12.5. The molecule has 0 aliphatic carbocycles. The molecule has 1 aromatic carbocycles. The summed E-state index contributed by atoms with van der Waals surface area (Å²) < 4.78 is 9.81. The van der Waals surface area contributed by atoms with Crippen molar-refractivity contribution in [3.05, 3.63) is 65.4 Å². The van der Waals surface area contributed by atoms with E-state index in [0.29, 0.717) is 34.6 Å². The first-order chi connectivity index (χ1) is 14.2. The molecule has 0 aliphatic rings. The summed E-state index contributed by atoms with van der Waals surface area (Å²) >= 11 is 0. The summed E-state index contributed by atoms with van der Waals surface area (Å²) in [5.41, 5.74) is 1.69. The van der Waals surface area contributed by atoms with Gasteiger partial charge in [0.15, 0.2) is 5.82 Å². The molecule has 29 heavy (non-hydrogen) atoms. The molecule has 0 amide bonds. The number of nitrogens with zero attached hydrogens (tertiary/aromatic N) is 8. The number of hydrogen-bond acceptors (Lipinski definition) is 7. The molecule has 144 valence electrons. The maximum absolute atomic E-state index is 13.4. The van der Waals surface area contributed by atoms with Crippen molar-refractivity contribution in [2.24, 2.45) is 0 Å². The van der Waals surface area contributed by atoms with E-state index in [9.17, 15) is 4.79 Å². The van der Waals surface area contributed by atoms with Gasteiger partial charge in [-0.3, -0.25) is 4.79 Å². The molecule has 10 heteroatoms. The lowest BCUT2D eigenvalue weighted by Crippen LogP contribution is -2.25. The smallest absolute Gasteiger partial charge is 0.281 e. The van der Waals surface area contributed by atoms with Crippen LogP contribution in [0.15, 0.2) is 54.0 Å². The Labute approximate surface area is 164 Å². The number of ether oxygens (including phenoxy) is 1. The Hall–Kier alpha value is -4.08. The van der Waals surface area contributed by atoms with Gasteiger partial charge in [-0.15, -0.1) is 15.3 Å². The molecule has 0 bridgehead atoms. The molecule has 0 fully saturated rings. The van der Waals surface area contributed by atoms with E-state index in [1.165, 1.54) is 22.0 Å². The fraction of sp³-hybridized carbons (Fsp3) is 0.158. The highest BCUT2D eigenvalue weighted by atomic mass is 16.5. The Kier molecular flexibility index (Phi) is 3.83. The third kappa shape index (κ3) is 2.64. The molecule has 0 aliphatic heterocycles. The van der Waals surface area contributed by atoms with Crippen LogP contribution in [0.2, 0.25) is 0 Å². The number of methoxy groups -OCH3 is 1. The molecule has 4 heterocycles. The Balaban J connectivity index is 1.91. The molecule has 4 aromatic heterocycles. The summed E-state index contributed by atoms with van der Waals surface area (Å²) in [7, 11) is 1.61. The topological polar surface area (TPSA) is 105 Å².